The maximum atomic E-state index is 11.8. The Labute approximate surface area is 104 Å². The molecule has 0 amide bonds. The van der Waals surface area contributed by atoms with Gasteiger partial charge in [0.25, 0.3) is 0 Å². The Bertz CT molecular complexity index is 462. The second-order valence-electron chi connectivity index (χ2n) is 4.15. The van der Waals surface area contributed by atoms with Crippen LogP contribution in [0.2, 0.25) is 0 Å². The molecule has 2 heterocycles. The van der Waals surface area contributed by atoms with Gasteiger partial charge in [0.05, 0.1) is 12.7 Å². The van der Waals surface area contributed by atoms with Crippen LogP contribution in [0.25, 0.3) is 0 Å². The van der Waals surface area contributed by atoms with Crippen molar-refractivity contribution in [2.24, 2.45) is 0 Å². The number of nitrogens with zero attached hydrogens (tertiary/aromatic N) is 2. The Kier molecular flexibility index (Phi) is 3.95. The number of aromatic nitrogens is 2. The Hall–Kier alpha value is -1.44. The summed E-state index contributed by atoms with van der Waals surface area (Å²) in [5.74, 6) is 0.510. The highest BCUT2D eigenvalue weighted by Crippen LogP contribution is 2.27. The lowest BCUT2D eigenvalue weighted by atomic mass is 10.2. The van der Waals surface area contributed by atoms with Crippen LogP contribution in [-0.2, 0) is 4.74 Å². The topological polar surface area (TPSA) is 96.6 Å². The van der Waals surface area contributed by atoms with Gasteiger partial charge < -0.3 is 20.3 Å². The minimum absolute atomic E-state index is 0.269. The van der Waals surface area contributed by atoms with E-state index in [1.165, 1.54) is 4.57 Å². The first-order valence-electron chi connectivity index (χ1n) is 5.93. The predicted octanol–water partition coefficient (Wildman–Crippen LogP) is -0.684. The van der Waals surface area contributed by atoms with Crippen LogP contribution in [0.4, 0.5) is 5.82 Å². The normalized spacial score (nSPS) is 27.4. The molecule has 3 atom stereocenters. The first-order valence-corrected chi connectivity index (χ1v) is 5.93. The van der Waals surface area contributed by atoms with Crippen molar-refractivity contribution in [3.8, 4) is 0 Å². The lowest BCUT2D eigenvalue weighted by molar-refractivity contribution is -0.0458. The van der Waals surface area contributed by atoms with Crippen LogP contribution in [0.5, 0.6) is 0 Å². The van der Waals surface area contributed by atoms with Crippen LogP contribution in [0.3, 0.4) is 0 Å². The molecule has 0 aromatic carbocycles. The zero-order valence-electron chi connectivity index (χ0n) is 10.1. The summed E-state index contributed by atoms with van der Waals surface area (Å²) in [6.07, 6.45) is -0.138. The van der Waals surface area contributed by atoms with Gasteiger partial charge in [-0.15, -0.1) is 0 Å². The first kappa shape index (κ1) is 13.0. The van der Waals surface area contributed by atoms with Crippen molar-refractivity contribution >= 4 is 5.82 Å². The number of hydrogen-bond acceptors (Lipinski definition) is 6. The fraction of sp³-hybridized carbons (Fsp3) is 0.636. The molecule has 0 saturated carbocycles. The molecule has 1 fully saturated rings. The van der Waals surface area contributed by atoms with Crippen LogP contribution in [-0.4, -0.2) is 45.1 Å². The molecular formula is C11H17N3O4. The van der Waals surface area contributed by atoms with E-state index in [2.05, 4.69) is 10.3 Å². The van der Waals surface area contributed by atoms with Crippen molar-refractivity contribution < 1.29 is 14.9 Å². The third kappa shape index (κ3) is 2.53. The maximum Gasteiger partial charge on any atom is 0.351 e. The number of aliphatic hydroxyl groups excluding tert-OH is 2. The molecule has 0 spiro atoms. The first-order chi connectivity index (χ1) is 8.65. The summed E-state index contributed by atoms with van der Waals surface area (Å²) in [5.41, 5.74) is -0.441. The molecule has 1 aliphatic rings. The number of rotatable bonds is 4. The smallest absolute Gasteiger partial charge is 0.351 e. The van der Waals surface area contributed by atoms with E-state index in [4.69, 9.17) is 9.84 Å². The number of anilines is 1. The summed E-state index contributed by atoms with van der Waals surface area (Å²) < 4.78 is 6.71. The molecule has 18 heavy (non-hydrogen) atoms. The molecule has 2 rings (SSSR count). The van der Waals surface area contributed by atoms with Crippen molar-refractivity contribution in [1.82, 2.24) is 9.55 Å². The zero-order chi connectivity index (χ0) is 13.1. The highest BCUT2D eigenvalue weighted by Gasteiger charge is 2.34. The maximum absolute atomic E-state index is 11.8. The molecule has 1 saturated heterocycles. The fourth-order valence-electron chi connectivity index (χ4n) is 1.96. The number of nitrogens with one attached hydrogen (secondary N) is 1. The summed E-state index contributed by atoms with van der Waals surface area (Å²) in [6.45, 7) is 2.33. The van der Waals surface area contributed by atoms with Crippen LogP contribution >= 0.6 is 0 Å². The van der Waals surface area contributed by atoms with Gasteiger partial charge in [-0.3, -0.25) is 4.57 Å². The van der Waals surface area contributed by atoms with Gasteiger partial charge in [0.2, 0.25) is 0 Å². The number of ether oxygens (including phenoxy) is 1. The van der Waals surface area contributed by atoms with E-state index in [1.807, 2.05) is 6.92 Å². The molecule has 1 aliphatic heterocycles. The highest BCUT2D eigenvalue weighted by atomic mass is 16.5. The molecule has 1 aromatic heterocycles. The van der Waals surface area contributed by atoms with Gasteiger partial charge in [0.15, 0.2) is 0 Å². The average molecular weight is 255 g/mol. The van der Waals surface area contributed by atoms with Crippen LogP contribution in [0.15, 0.2) is 17.1 Å². The second kappa shape index (κ2) is 5.47. The number of hydrogen-bond donors (Lipinski definition) is 3. The predicted molar refractivity (Wildman–Crippen MR) is 64.3 cm³/mol. The monoisotopic (exact) mass is 255 g/mol. The van der Waals surface area contributed by atoms with Gasteiger partial charge in [-0.05, 0) is 13.0 Å². The van der Waals surface area contributed by atoms with Gasteiger partial charge in [0, 0.05) is 19.2 Å². The second-order valence-corrected chi connectivity index (χ2v) is 4.15. The summed E-state index contributed by atoms with van der Waals surface area (Å²) in [7, 11) is 0. The van der Waals surface area contributed by atoms with Crippen LogP contribution in [0, 0.1) is 0 Å². The summed E-state index contributed by atoms with van der Waals surface area (Å²) in [6, 6.07) is 1.67. The van der Waals surface area contributed by atoms with Gasteiger partial charge in [-0.25, -0.2) is 4.79 Å². The van der Waals surface area contributed by atoms with Crippen molar-refractivity contribution in [2.45, 2.75) is 31.8 Å². The zero-order valence-corrected chi connectivity index (χ0v) is 10.1. The molecule has 0 radical (unpaired) electrons. The minimum Gasteiger partial charge on any atom is -0.394 e. The van der Waals surface area contributed by atoms with E-state index in [0.29, 0.717) is 12.4 Å². The van der Waals surface area contributed by atoms with E-state index in [1.54, 1.807) is 12.3 Å². The Morgan fingerprint density at radius 2 is 2.44 bits per heavy atom. The van der Waals surface area contributed by atoms with Gasteiger partial charge in [0.1, 0.15) is 18.1 Å². The lowest BCUT2D eigenvalue weighted by Gasteiger charge is -2.14. The Morgan fingerprint density at radius 3 is 3.00 bits per heavy atom. The van der Waals surface area contributed by atoms with E-state index in [0.717, 1.165) is 0 Å². The molecule has 3 N–H and O–H groups in total. The van der Waals surface area contributed by atoms with E-state index in [-0.39, 0.29) is 13.0 Å². The standard InChI is InChI=1S/C11H17N3O4/c1-2-12-9-3-4-14(11(17)13-9)10-5-7(16)8(6-15)18-10/h3-4,7-8,10,15-16H,2,5-6H2,1H3,(H,12,13,17). The van der Waals surface area contributed by atoms with Crippen LogP contribution in [0.1, 0.15) is 19.6 Å². The van der Waals surface area contributed by atoms with Crippen molar-refractivity contribution in [2.75, 3.05) is 18.5 Å². The van der Waals surface area contributed by atoms with E-state index in [9.17, 15) is 9.90 Å². The van der Waals surface area contributed by atoms with E-state index >= 15 is 0 Å². The fourth-order valence-corrected chi connectivity index (χ4v) is 1.96. The van der Waals surface area contributed by atoms with Gasteiger partial charge in [-0.2, -0.15) is 4.98 Å². The van der Waals surface area contributed by atoms with Gasteiger partial charge in [-0.1, -0.05) is 0 Å². The third-order valence-electron chi connectivity index (χ3n) is 2.88. The number of aliphatic hydroxyl groups is 2. The van der Waals surface area contributed by atoms with Crippen molar-refractivity contribution in [3.63, 3.8) is 0 Å². The van der Waals surface area contributed by atoms with Gasteiger partial charge >= 0.3 is 5.69 Å². The summed E-state index contributed by atoms with van der Waals surface area (Å²) in [5, 5.41) is 21.5. The summed E-state index contributed by atoms with van der Waals surface area (Å²) >= 11 is 0. The average Bonchev–Trinajstić information content (AvgIpc) is 2.71. The molecule has 0 bridgehead atoms. The Morgan fingerprint density at radius 1 is 1.67 bits per heavy atom. The molecule has 7 heteroatoms. The molecule has 7 nitrogen and oxygen atoms in total. The minimum atomic E-state index is -0.764. The lowest BCUT2D eigenvalue weighted by Crippen LogP contribution is -2.28. The SMILES string of the molecule is CCNc1ccn(C2CC(O)C(CO)O2)c(=O)n1. The Balaban J connectivity index is 2.17. The highest BCUT2D eigenvalue weighted by molar-refractivity contribution is 5.31. The largest absolute Gasteiger partial charge is 0.394 e. The molecule has 0 aliphatic carbocycles. The molecule has 100 valence electrons. The summed E-state index contributed by atoms with van der Waals surface area (Å²) in [4.78, 5) is 15.6. The van der Waals surface area contributed by atoms with E-state index < -0.39 is 24.1 Å². The van der Waals surface area contributed by atoms with Crippen LogP contribution < -0.4 is 11.0 Å². The molecule has 1 aromatic rings. The van der Waals surface area contributed by atoms with Crippen molar-refractivity contribution in [1.29, 1.82) is 0 Å². The quantitative estimate of drug-likeness (QED) is 0.659. The molecular weight excluding hydrogens is 238 g/mol. The molecule has 3 unspecified atom stereocenters. The van der Waals surface area contributed by atoms with Crippen molar-refractivity contribution in [3.05, 3.63) is 22.7 Å². The third-order valence-corrected chi connectivity index (χ3v) is 2.88.